The Hall–Kier alpha value is -2.37. The molecule has 0 saturated heterocycles. The molecule has 0 unspecified atom stereocenters. The summed E-state index contributed by atoms with van der Waals surface area (Å²) in [7, 11) is 0. The third-order valence-corrected chi connectivity index (χ3v) is 6.46. The number of hydrazine groups is 1. The van der Waals surface area contributed by atoms with Crippen molar-refractivity contribution in [1.82, 2.24) is 20.4 Å². The zero-order chi connectivity index (χ0) is 19.5. The molecule has 2 fully saturated rings. The van der Waals surface area contributed by atoms with Crippen LogP contribution >= 0.6 is 0 Å². The summed E-state index contributed by atoms with van der Waals surface area (Å²) >= 11 is 0. The molecule has 1 heterocycles. The number of carbonyl (C=O) groups is 2. The van der Waals surface area contributed by atoms with Crippen LogP contribution in [0.1, 0.15) is 57.7 Å². The van der Waals surface area contributed by atoms with Crippen LogP contribution in [0.5, 0.6) is 0 Å². The maximum Gasteiger partial charge on any atom is 0.258 e. The highest BCUT2D eigenvalue weighted by Gasteiger charge is 2.40. The molecule has 0 aliphatic heterocycles. The van der Waals surface area contributed by atoms with Gasteiger partial charge in [0.05, 0.1) is 11.0 Å². The summed E-state index contributed by atoms with van der Waals surface area (Å²) < 4.78 is 1.96. The number of aromatic nitrogens is 2. The molecule has 1 aromatic heterocycles. The second-order valence-corrected chi connectivity index (χ2v) is 8.44. The fourth-order valence-corrected chi connectivity index (χ4v) is 5.07. The van der Waals surface area contributed by atoms with Crippen molar-refractivity contribution in [2.45, 2.75) is 64.8 Å². The fourth-order valence-electron chi connectivity index (χ4n) is 5.07. The number of rotatable bonds is 7. The summed E-state index contributed by atoms with van der Waals surface area (Å²) in [5.41, 5.74) is 7.08. The Kier molecular flexibility index (Phi) is 5.64. The number of fused-ring (bicyclic) bond motifs is 3. The Bertz CT molecular complexity index is 859. The summed E-state index contributed by atoms with van der Waals surface area (Å²) in [5, 5.41) is 0. The van der Waals surface area contributed by atoms with Crippen molar-refractivity contribution in [2.24, 2.45) is 17.8 Å². The number of aryl methyl sites for hydroxylation is 1. The average Bonchev–Trinajstić information content (AvgIpc) is 3.39. The molecule has 6 nitrogen and oxygen atoms in total. The largest absolute Gasteiger partial charge is 0.318 e. The number of imidazole rings is 1. The molecule has 2 amide bonds. The standard InChI is InChI=1S/C22H30N4O2/c1-2-3-8-20-23-18-6-4-5-7-19(18)26(20)14-22(28)25-24-21(27)13-17-12-15-9-10-16(17)11-15/h4-7,15-17H,2-3,8-14H2,1H3,(H,24,27)(H,25,28)/t15-,16-,17+/m1/s1. The summed E-state index contributed by atoms with van der Waals surface area (Å²) in [6, 6.07) is 7.87. The summed E-state index contributed by atoms with van der Waals surface area (Å²) in [6.45, 7) is 2.30. The van der Waals surface area contributed by atoms with Crippen LogP contribution in [-0.4, -0.2) is 21.4 Å². The number of para-hydroxylation sites is 2. The number of hydrogen-bond acceptors (Lipinski definition) is 3. The third kappa shape index (κ3) is 4.05. The smallest absolute Gasteiger partial charge is 0.258 e. The molecular weight excluding hydrogens is 352 g/mol. The summed E-state index contributed by atoms with van der Waals surface area (Å²) in [4.78, 5) is 29.4. The van der Waals surface area contributed by atoms with Crippen molar-refractivity contribution in [3.63, 3.8) is 0 Å². The van der Waals surface area contributed by atoms with Gasteiger partial charge in [-0.2, -0.15) is 0 Å². The molecule has 2 aliphatic rings. The van der Waals surface area contributed by atoms with E-state index in [1.165, 1.54) is 25.7 Å². The molecule has 2 aromatic rings. The quantitative estimate of drug-likeness (QED) is 0.721. The maximum absolute atomic E-state index is 12.5. The van der Waals surface area contributed by atoms with Crippen molar-refractivity contribution < 1.29 is 9.59 Å². The minimum atomic E-state index is -0.220. The molecule has 3 atom stereocenters. The van der Waals surface area contributed by atoms with E-state index in [1.807, 2.05) is 28.8 Å². The highest BCUT2D eigenvalue weighted by Crippen LogP contribution is 2.49. The topological polar surface area (TPSA) is 76.0 Å². The molecule has 2 N–H and O–H groups in total. The Morgan fingerprint density at radius 1 is 1.14 bits per heavy atom. The van der Waals surface area contributed by atoms with E-state index in [-0.39, 0.29) is 18.4 Å². The van der Waals surface area contributed by atoms with Gasteiger partial charge in [0.2, 0.25) is 5.91 Å². The van der Waals surface area contributed by atoms with Crippen LogP contribution < -0.4 is 10.9 Å². The lowest BCUT2D eigenvalue weighted by molar-refractivity contribution is -0.129. The van der Waals surface area contributed by atoms with E-state index >= 15 is 0 Å². The van der Waals surface area contributed by atoms with Crippen molar-refractivity contribution >= 4 is 22.8 Å². The van der Waals surface area contributed by atoms with Crippen molar-refractivity contribution in [3.05, 3.63) is 30.1 Å². The van der Waals surface area contributed by atoms with Gasteiger partial charge in [0.15, 0.2) is 0 Å². The second-order valence-electron chi connectivity index (χ2n) is 8.44. The molecule has 1 aromatic carbocycles. The van der Waals surface area contributed by atoms with Crippen LogP contribution in [0, 0.1) is 17.8 Å². The number of nitrogens with zero attached hydrogens (tertiary/aromatic N) is 2. The van der Waals surface area contributed by atoms with Gasteiger partial charge in [-0.25, -0.2) is 4.98 Å². The molecular formula is C22H30N4O2. The lowest BCUT2D eigenvalue weighted by atomic mass is 9.86. The average molecular weight is 383 g/mol. The first kappa shape index (κ1) is 19.0. The lowest BCUT2D eigenvalue weighted by Gasteiger charge is -2.21. The van der Waals surface area contributed by atoms with Crippen LogP contribution in [-0.2, 0) is 22.6 Å². The first-order valence-electron chi connectivity index (χ1n) is 10.7. The Morgan fingerprint density at radius 2 is 1.96 bits per heavy atom. The van der Waals surface area contributed by atoms with Gasteiger partial charge < -0.3 is 4.57 Å². The van der Waals surface area contributed by atoms with Gasteiger partial charge in [-0.3, -0.25) is 20.4 Å². The van der Waals surface area contributed by atoms with Crippen LogP contribution in [0.4, 0.5) is 0 Å². The Labute approximate surface area is 166 Å². The minimum Gasteiger partial charge on any atom is -0.318 e. The number of unbranched alkanes of at least 4 members (excludes halogenated alkanes) is 1. The van der Waals surface area contributed by atoms with E-state index in [0.717, 1.165) is 42.0 Å². The van der Waals surface area contributed by atoms with E-state index < -0.39 is 0 Å². The third-order valence-electron chi connectivity index (χ3n) is 6.46. The van der Waals surface area contributed by atoms with Gasteiger partial charge in [0, 0.05) is 12.8 Å². The SMILES string of the molecule is CCCCc1nc2ccccc2n1CC(=O)NNC(=O)C[C@@H]1C[C@@H]2CC[C@@H]1C2. The van der Waals surface area contributed by atoms with E-state index in [4.69, 9.17) is 0 Å². The number of nitrogens with one attached hydrogen (secondary N) is 2. The molecule has 2 aliphatic carbocycles. The summed E-state index contributed by atoms with van der Waals surface area (Å²) in [6.07, 6.45) is 8.54. The normalized spacial score (nSPS) is 23.2. The highest BCUT2D eigenvalue weighted by molar-refractivity contribution is 5.84. The zero-order valence-electron chi connectivity index (χ0n) is 16.6. The molecule has 2 bridgehead atoms. The van der Waals surface area contributed by atoms with Crippen LogP contribution in [0.25, 0.3) is 11.0 Å². The van der Waals surface area contributed by atoms with Gasteiger partial charge in [-0.1, -0.05) is 31.9 Å². The van der Waals surface area contributed by atoms with E-state index in [9.17, 15) is 9.59 Å². The lowest BCUT2D eigenvalue weighted by Crippen LogP contribution is -2.44. The first-order valence-corrected chi connectivity index (χ1v) is 10.7. The molecule has 0 radical (unpaired) electrons. The molecule has 2 saturated carbocycles. The molecule has 0 spiro atoms. The van der Waals surface area contributed by atoms with E-state index in [1.54, 1.807) is 0 Å². The number of hydrogen-bond donors (Lipinski definition) is 2. The Morgan fingerprint density at radius 3 is 2.71 bits per heavy atom. The van der Waals surface area contributed by atoms with Crippen LogP contribution in [0.3, 0.4) is 0 Å². The Balaban J connectivity index is 1.33. The molecule has 4 rings (SSSR count). The number of carbonyl (C=O) groups excluding carboxylic acids is 2. The van der Waals surface area contributed by atoms with Gasteiger partial charge in [-0.15, -0.1) is 0 Å². The zero-order valence-corrected chi connectivity index (χ0v) is 16.6. The van der Waals surface area contributed by atoms with Gasteiger partial charge in [-0.05, 0) is 55.6 Å². The van der Waals surface area contributed by atoms with Crippen LogP contribution in [0.15, 0.2) is 24.3 Å². The fraction of sp³-hybridized carbons (Fsp3) is 0.591. The number of amides is 2. The van der Waals surface area contributed by atoms with Crippen molar-refractivity contribution in [2.75, 3.05) is 0 Å². The van der Waals surface area contributed by atoms with Gasteiger partial charge in [0.1, 0.15) is 12.4 Å². The molecule has 150 valence electrons. The van der Waals surface area contributed by atoms with E-state index in [0.29, 0.717) is 18.3 Å². The monoisotopic (exact) mass is 382 g/mol. The summed E-state index contributed by atoms with van der Waals surface area (Å²) in [5.74, 6) is 2.66. The van der Waals surface area contributed by atoms with Gasteiger partial charge >= 0.3 is 0 Å². The maximum atomic E-state index is 12.5. The highest BCUT2D eigenvalue weighted by atomic mass is 16.2. The minimum absolute atomic E-state index is 0.0763. The first-order chi connectivity index (χ1) is 13.6. The predicted octanol–water partition coefficient (Wildman–Crippen LogP) is 3.35. The van der Waals surface area contributed by atoms with Crippen molar-refractivity contribution in [3.8, 4) is 0 Å². The second kappa shape index (κ2) is 8.33. The van der Waals surface area contributed by atoms with E-state index in [2.05, 4.69) is 22.8 Å². The van der Waals surface area contributed by atoms with Crippen LogP contribution in [0.2, 0.25) is 0 Å². The number of benzene rings is 1. The van der Waals surface area contributed by atoms with Crippen molar-refractivity contribution in [1.29, 1.82) is 0 Å². The molecule has 28 heavy (non-hydrogen) atoms. The predicted molar refractivity (Wildman–Crippen MR) is 108 cm³/mol. The van der Waals surface area contributed by atoms with Gasteiger partial charge in [0.25, 0.3) is 5.91 Å². The molecule has 6 heteroatoms.